The molecule has 1 aliphatic rings. The van der Waals surface area contributed by atoms with E-state index in [-0.39, 0.29) is 6.42 Å². The van der Waals surface area contributed by atoms with E-state index < -0.39 is 5.97 Å². The number of carbonyl (C=O) groups is 1. The van der Waals surface area contributed by atoms with Crippen LogP contribution in [0.3, 0.4) is 0 Å². The molecule has 1 N–H and O–H groups in total. The number of aryl methyl sites for hydroxylation is 2. The van der Waals surface area contributed by atoms with Gasteiger partial charge in [-0.25, -0.2) is 0 Å². The van der Waals surface area contributed by atoms with Crippen molar-refractivity contribution >= 4 is 5.97 Å². The molecule has 0 bridgehead atoms. The molecule has 0 spiro atoms. The quantitative estimate of drug-likeness (QED) is 0.351. The van der Waals surface area contributed by atoms with Crippen LogP contribution in [0.4, 0.5) is 0 Å². The molecule has 2 rings (SSSR count). The summed E-state index contributed by atoms with van der Waals surface area (Å²) in [7, 11) is 0. The number of carboxylic acids is 1. The Morgan fingerprint density at radius 2 is 1.64 bits per heavy atom. The van der Waals surface area contributed by atoms with E-state index >= 15 is 0 Å². The van der Waals surface area contributed by atoms with Crippen LogP contribution in [0.25, 0.3) is 0 Å². The monoisotopic (exact) mass is 386 g/mol. The summed E-state index contributed by atoms with van der Waals surface area (Å²) >= 11 is 0. The van der Waals surface area contributed by atoms with Crippen molar-refractivity contribution in [1.29, 1.82) is 0 Å². The van der Waals surface area contributed by atoms with Crippen molar-refractivity contribution in [2.45, 2.75) is 116 Å². The van der Waals surface area contributed by atoms with E-state index in [1.165, 1.54) is 93.7 Å². The lowest BCUT2D eigenvalue weighted by atomic mass is 9.76. The molecule has 1 aliphatic carbocycles. The predicted molar refractivity (Wildman–Crippen MR) is 119 cm³/mol. The van der Waals surface area contributed by atoms with Gasteiger partial charge in [-0.2, -0.15) is 0 Å². The van der Waals surface area contributed by atoms with E-state index in [0.717, 1.165) is 24.7 Å². The lowest BCUT2D eigenvalue weighted by Crippen LogP contribution is -2.13. The number of aliphatic carboxylic acids is 1. The Morgan fingerprint density at radius 3 is 2.29 bits per heavy atom. The summed E-state index contributed by atoms with van der Waals surface area (Å²) in [6, 6.07) is 6.93. The average molecular weight is 387 g/mol. The number of benzene rings is 1. The first-order valence-corrected chi connectivity index (χ1v) is 11.9. The van der Waals surface area contributed by atoms with Crippen molar-refractivity contribution < 1.29 is 9.90 Å². The molecule has 0 unspecified atom stereocenters. The van der Waals surface area contributed by atoms with E-state index in [2.05, 4.69) is 32.0 Å². The second-order valence-corrected chi connectivity index (χ2v) is 9.06. The Morgan fingerprint density at radius 1 is 0.964 bits per heavy atom. The first kappa shape index (κ1) is 23.0. The van der Waals surface area contributed by atoms with Gasteiger partial charge in [0.2, 0.25) is 0 Å². The third kappa shape index (κ3) is 8.37. The molecule has 0 saturated heterocycles. The van der Waals surface area contributed by atoms with E-state index in [0.29, 0.717) is 0 Å². The van der Waals surface area contributed by atoms with Gasteiger partial charge in [0.25, 0.3) is 0 Å². The Kier molecular flexibility index (Phi) is 10.7. The highest BCUT2D eigenvalue weighted by molar-refractivity contribution is 5.66. The lowest BCUT2D eigenvalue weighted by molar-refractivity contribution is -0.137. The van der Waals surface area contributed by atoms with Gasteiger partial charge in [0, 0.05) is 6.42 Å². The van der Waals surface area contributed by atoms with Gasteiger partial charge in [0.05, 0.1) is 0 Å². The van der Waals surface area contributed by atoms with Gasteiger partial charge in [-0.15, -0.1) is 0 Å². The van der Waals surface area contributed by atoms with E-state index in [1.54, 1.807) is 0 Å². The van der Waals surface area contributed by atoms with Crippen LogP contribution in [0.5, 0.6) is 0 Å². The first-order valence-electron chi connectivity index (χ1n) is 11.9. The topological polar surface area (TPSA) is 37.3 Å². The van der Waals surface area contributed by atoms with Gasteiger partial charge < -0.3 is 5.11 Å². The molecule has 0 radical (unpaired) electrons. The lowest BCUT2D eigenvalue weighted by Gasteiger charge is -2.29. The average Bonchev–Trinajstić information content (AvgIpc) is 2.69. The summed E-state index contributed by atoms with van der Waals surface area (Å²) < 4.78 is 0. The van der Waals surface area contributed by atoms with Crippen molar-refractivity contribution in [3.8, 4) is 0 Å². The smallest absolute Gasteiger partial charge is 0.303 e. The first-order chi connectivity index (χ1) is 13.6. The molecule has 0 aliphatic heterocycles. The van der Waals surface area contributed by atoms with E-state index in [9.17, 15) is 4.79 Å². The molecule has 2 heteroatoms. The number of rotatable bonds is 13. The third-order valence-corrected chi connectivity index (χ3v) is 6.74. The minimum Gasteiger partial charge on any atom is -0.481 e. The van der Waals surface area contributed by atoms with Crippen molar-refractivity contribution in [2.24, 2.45) is 5.92 Å². The van der Waals surface area contributed by atoms with Crippen LogP contribution in [0.15, 0.2) is 18.2 Å². The molecule has 1 aromatic carbocycles. The maximum atomic E-state index is 10.7. The molecule has 1 aromatic rings. The molecule has 2 nitrogen and oxygen atoms in total. The molecule has 0 aromatic heterocycles. The van der Waals surface area contributed by atoms with Crippen molar-refractivity contribution in [1.82, 2.24) is 0 Å². The standard InChI is InChI=1S/C26H42O2/c1-3-4-5-6-7-8-9-11-22-14-16-24(17-15-22)25-19-18-23(21(2)20-25)12-10-13-26(27)28/h18-20,22,24H,3-17H2,1-2H3,(H,27,28)/t22-,24-. The van der Waals surface area contributed by atoms with Gasteiger partial charge in [0.1, 0.15) is 0 Å². The maximum absolute atomic E-state index is 10.7. The highest BCUT2D eigenvalue weighted by Crippen LogP contribution is 2.38. The SMILES string of the molecule is CCCCCCCCC[C@H]1CC[C@H](c2ccc(CCCC(=O)O)c(C)c2)CC1. The largest absolute Gasteiger partial charge is 0.481 e. The Bertz CT molecular complexity index is 570. The molecule has 28 heavy (non-hydrogen) atoms. The summed E-state index contributed by atoms with van der Waals surface area (Å²) in [5.41, 5.74) is 4.17. The van der Waals surface area contributed by atoms with Crippen LogP contribution in [-0.2, 0) is 11.2 Å². The van der Waals surface area contributed by atoms with Crippen LogP contribution in [0.2, 0.25) is 0 Å². The molecule has 0 heterocycles. The zero-order valence-corrected chi connectivity index (χ0v) is 18.3. The predicted octanol–water partition coefficient (Wildman–Crippen LogP) is 7.82. The zero-order chi connectivity index (χ0) is 20.2. The summed E-state index contributed by atoms with van der Waals surface area (Å²) in [5.74, 6) is 1.00. The fourth-order valence-corrected chi connectivity index (χ4v) is 4.86. The Labute approximate surface area is 173 Å². The van der Waals surface area contributed by atoms with Crippen LogP contribution in [-0.4, -0.2) is 11.1 Å². The fraction of sp³-hybridized carbons (Fsp3) is 0.731. The van der Waals surface area contributed by atoms with E-state index in [1.807, 2.05) is 0 Å². The second kappa shape index (κ2) is 13.0. The van der Waals surface area contributed by atoms with E-state index in [4.69, 9.17) is 5.11 Å². The maximum Gasteiger partial charge on any atom is 0.303 e. The van der Waals surface area contributed by atoms with Crippen LogP contribution in [0, 0.1) is 12.8 Å². The number of carboxylic acid groups (broad SMARTS) is 1. The van der Waals surface area contributed by atoms with Gasteiger partial charge in [-0.05, 0) is 74.0 Å². The van der Waals surface area contributed by atoms with Gasteiger partial charge in [-0.3, -0.25) is 4.79 Å². The molecule has 0 amide bonds. The summed E-state index contributed by atoms with van der Waals surface area (Å²) in [5, 5.41) is 8.81. The highest BCUT2D eigenvalue weighted by atomic mass is 16.4. The minimum atomic E-state index is -0.692. The zero-order valence-electron chi connectivity index (χ0n) is 18.3. The minimum absolute atomic E-state index is 0.268. The third-order valence-electron chi connectivity index (χ3n) is 6.74. The van der Waals surface area contributed by atoms with Crippen LogP contribution in [0.1, 0.15) is 119 Å². The summed E-state index contributed by atoms with van der Waals surface area (Å²) in [6.45, 7) is 4.47. The van der Waals surface area contributed by atoms with Crippen molar-refractivity contribution in [3.63, 3.8) is 0 Å². The van der Waals surface area contributed by atoms with Crippen molar-refractivity contribution in [3.05, 3.63) is 34.9 Å². The number of unbranched alkanes of at least 4 members (excludes halogenated alkanes) is 6. The van der Waals surface area contributed by atoms with Crippen LogP contribution >= 0.6 is 0 Å². The number of hydrogen-bond donors (Lipinski definition) is 1. The summed E-state index contributed by atoms with van der Waals surface area (Å²) in [6.07, 6.45) is 18.8. The van der Waals surface area contributed by atoms with Gasteiger partial charge in [-0.1, -0.05) is 76.5 Å². The number of hydrogen-bond acceptors (Lipinski definition) is 1. The molecule has 1 fully saturated rings. The molecular weight excluding hydrogens is 344 g/mol. The molecule has 0 atom stereocenters. The Hall–Kier alpha value is -1.31. The molecule has 158 valence electrons. The molecule has 1 saturated carbocycles. The van der Waals surface area contributed by atoms with Crippen LogP contribution < -0.4 is 0 Å². The Balaban J connectivity index is 1.67. The summed E-state index contributed by atoms with van der Waals surface area (Å²) in [4.78, 5) is 10.7. The van der Waals surface area contributed by atoms with Gasteiger partial charge in [0.15, 0.2) is 0 Å². The second-order valence-electron chi connectivity index (χ2n) is 9.06. The molecular formula is C26H42O2. The van der Waals surface area contributed by atoms with Gasteiger partial charge >= 0.3 is 5.97 Å². The highest BCUT2D eigenvalue weighted by Gasteiger charge is 2.22. The van der Waals surface area contributed by atoms with Crippen molar-refractivity contribution in [2.75, 3.05) is 0 Å². The fourth-order valence-electron chi connectivity index (χ4n) is 4.86. The normalized spacial score (nSPS) is 19.6.